The lowest BCUT2D eigenvalue weighted by molar-refractivity contribution is -0.401. The van der Waals surface area contributed by atoms with Gasteiger partial charge in [0.2, 0.25) is 17.7 Å². The second kappa shape index (κ2) is 25.0. The summed E-state index contributed by atoms with van der Waals surface area (Å²) in [6, 6.07) is -5.27. The number of carbonyl (C=O) groups excluding carboxylic acids is 3. The molecular formula is C39H65N3O29. The molecule has 26 atom stereocenters. The van der Waals surface area contributed by atoms with E-state index in [-0.39, 0.29) is 0 Å². The Morgan fingerprint density at radius 2 is 1.00 bits per heavy atom. The van der Waals surface area contributed by atoms with Gasteiger partial charge in [0.1, 0.15) is 116 Å². The lowest BCUT2D eigenvalue weighted by Gasteiger charge is -2.52. The highest BCUT2D eigenvalue weighted by molar-refractivity contribution is 5.77. The summed E-state index contributed by atoms with van der Waals surface area (Å²) >= 11 is 0. The third-order valence-electron chi connectivity index (χ3n) is 12.5. The van der Waals surface area contributed by atoms with Gasteiger partial charge in [-0.05, 0) is 0 Å². The lowest BCUT2D eigenvalue weighted by Crippen LogP contribution is -2.72. The maximum Gasteiger partial charge on any atom is 0.364 e. The first kappa shape index (κ1) is 58.8. The maximum absolute atomic E-state index is 13.4. The molecule has 71 heavy (non-hydrogen) atoms. The van der Waals surface area contributed by atoms with Gasteiger partial charge in [-0.15, -0.1) is 0 Å². The Kier molecular flexibility index (Phi) is 20.7. The van der Waals surface area contributed by atoms with Crippen LogP contribution in [0.2, 0.25) is 0 Å². The van der Waals surface area contributed by atoms with Crippen molar-refractivity contribution in [1.82, 2.24) is 16.0 Å². The van der Waals surface area contributed by atoms with Gasteiger partial charge in [0.05, 0.1) is 45.2 Å². The van der Waals surface area contributed by atoms with Gasteiger partial charge in [0, 0.05) is 27.2 Å². The van der Waals surface area contributed by atoms with Crippen LogP contribution in [0.1, 0.15) is 27.2 Å². The lowest BCUT2D eigenvalue weighted by atomic mass is 9.88. The van der Waals surface area contributed by atoms with Crippen LogP contribution in [-0.2, 0) is 61.8 Å². The number of carboxylic acid groups (broad SMARTS) is 1. The molecule has 0 aromatic rings. The fourth-order valence-electron chi connectivity index (χ4n) is 8.95. The Morgan fingerprint density at radius 3 is 1.52 bits per heavy atom. The average molecular weight is 1040 g/mol. The fourth-order valence-corrected chi connectivity index (χ4v) is 8.95. The standard InChI is InChI=1S/C39H65N3O29/c1-10(48)40-19-13(51)4-39(38(61)62,70-32(19)22(53)14(52)5-43)71-33-28(59)37(68-29-16(7-45)63-34(60)20(24(29)55)41-11(2)49)66-18(9-47)31(33)69-35-21(42-12(3)50)25(56)30(17(8-46)65-35)67-36-27(58)26(57)23(54)15(6-44)64-36/h13-37,43-47,51-60H,4-9H2,1-3H3,(H,40,48)(H,41,49)(H,42,50)(H,61,62)/t13-,14+,15+,16+,17+,18+,19+,20+,21+,22+,23-,24+,25+,26-,27+,28+,29+,30+,31-,32+,33+,34+,35-,36-,37-,39-/m0/s1. The smallest absolute Gasteiger partial charge is 0.364 e. The van der Waals surface area contributed by atoms with Crippen LogP contribution < -0.4 is 16.0 Å². The van der Waals surface area contributed by atoms with Crippen LogP contribution >= 0.6 is 0 Å². The third-order valence-corrected chi connectivity index (χ3v) is 12.5. The SMILES string of the molecule is CC(=O)N[C@@H]1[C@@H](O)[C@H](O[C@@H]2O[C@H](CO)[C@H](O[C@@H]3O[C@H](CO)[C@@H](O[C@@H]4O[C@H](CO)[C@H](O)[C@H](O)[C@H]4O)[C@H](O)[C@H]3NC(C)=O)[C@H](O[C@]3(C(=O)O)C[C@H](O)[C@@H](NC(C)=O)[C@H]([C@H](O)[C@H](O)CO)O3)[C@H]2O)[C@@H](CO)O[C@H]1O. The van der Waals surface area contributed by atoms with E-state index in [2.05, 4.69) is 16.0 Å². The fraction of sp³-hybridized carbons (Fsp3) is 0.897. The zero-order valence-corrected chi connectivity index (χ0v) is 38.1. The first-order chi connectivity index (χ1) is 33.4. The van der Waals surface area contributed by atoms with Crippen molar-refractivity contribution in [3.8, 4) is 0 Å². The van der Waals surface area contributed by atoms with Crippen molar-refractivity contribution < 1.29 is 144 Å². The molecule has 5 saturated heterocycles. The van der Waals surface area contributed by atoms with E-state index in [1.54, 1.807) is 0 Å². The second-order valence-corrected chi connectivity index (χ2v) is 17.6. The second-order valence-electron chi connectivity index (χ2n) is 17.6. The highest BCUT2D eigenvalue weighted by atomic mass is 16.8. The topological polar surface area (TPSA) is 511 Å². The number of ether oxygens (including phenoxy) is 9. The molecule has 32 nitrogen and oxygen atoms in total. The van der Waals surface area contributed by atoms with Crippen molar-refractivity contribution >= 4 is 23.7 Å². The van der Waals surface area contributed by atoms with E-state index in [0.717, 1.165) is 20.8 Å². The van der Waals surface area contributed by atoms with E-state index in [4.69, 9.17) is 42.6 Å². The summed E-state index contributed by atoms with van der Waals surface area (Å²) in [4.78, 5) is 50.3. The van der Waals surface area contributed by atoms with Crippen LogP contribution in [0.5, 0.6) is 0 Å². The van der Waals surface area contributed by atoms with Gasteiger partial charge in [0.25, 0.3) is 5.79 Å². The van der Waals surface area contributed by atoms with Crippen molar-refractivity contribution in [2.75, 3.05) is 33.0 Å². The first-order valence-electron chi connectivity index (χ1n) is 22.2. The number of aliphatic hydroxyl groups is 15. The van der Waals surface area contributed by atoms with Crippen LogP contribution in [0.4, 0.5) is 0 Å². The van der Waals surface area contributed by atoms with Gasteiger partial charge < -0.3 is 140 Å². The molecule has 0 bridgehead atoms. The predicted octanol–water partition coefficient (Wildman–Crippen LogP) is -12.3. The van der Waals surface area contributed by atoms with E-state index >= 15 is 0 Å². The zero-order chi connectivity index (χ0) is 53.0. The van der Waals surface area contributed by atoms with Crippen LogP contribution in [0.3, 0.4) is 0 Å². The Morgan fingerprint density at radius 1 is 0.549 bits per heavy atom. The average Bonchev–Trinajstić information content (AvgIpc) is 3.31. The van der Waals surface area contributed by atoms with Crippen molar-refractivity contribution in [3.05, 3.63) is 0 Å². The maximum atomic E-state index is 13.4. The van der Waals surface area contributed by atoms with Crippen molar-refractivity contribution in [2.24, 2.45) is 0 Å². The summed E-state index contributed by atoms with van der Waals surface area (Å²) in [6.07, 6.45) is -45.9. The number of carboxylic acids is 1. The number of aliphatic hydroxyl groups excluding tert-OH is 15. The van der Waals surface area contributed by atoms with E-state index in [1.165, 1.54) is 0 Å². The summed E-state index contributed by atoms with van der Waals surface area (Å²) < 4.78 is 52.1. The summed E-state index contributed by atoms with van der Waals surface area (Å²) in [5.41, 5.74) is 0. The molecule has 32 heteroatoms. The van der Waals surface area contributed by atoms with E-state index in [1.807, 2.05) is 0 Å². The molecule has 5 aliphatic heterocycles. The normalized spacial score (nSPS) is 45.0. The zero-order valence-electron chi connectivity index (χ0n) is 38.1. The summed E-state index contributed by atoms with van der Waals surface area (Å²) in [5, 5.41) is 179. The summed E-state index contributed by atoms with van der Waals surface area (Å²) in [7, 11) is 0. The number of amides is 3. The minimum absolute atomic E-state index is 0.784. The van der Waals surface area contributed by atoms with Gasteiger partial charge in [-0.1, -0.05) is 0 Å². The molecule has 5 heterocycles. The highest BCUT2D eigenvalue weighted by Gasteiger charge is 2.62. The minimum Gasteiger partial charge on any atom is -0.477 e. The predicted molar refractivity (Wildman–Crippen MR) is 219 cm³/mol. The van der Waals surface area contributed by atoms with Crippen LogP contribution in [0, 0.1) is 0 Å². The molecule has 0 spiro atoms. The molecule has 5 rings (SSSR count). The Balaban J connectivity index is 1.58. The molecule has 0 aromatic carbocycles. The van der Waals surface area contributed by atoms with Crippen molar-refractivity contribution in [3.63, 3.8) is 0 Å². The highest BCUT2D eigenvalue weighted by Crippen LogP contribution is 2.40. The molecule has 0 saturated carbocycles. The molecular weight excluding hydrogens is 974 g/mol. The Labute approximate surface area is 402 Å². The minimum atomic E-state index is -3.33. The third kappa shape index (κ3) is 12.9. The van der Waals surface area contributed by atoms with Gasteiger partial charge in [-0.2, -0.15) is 0 Å². The van der Waals surface area contributed by atoms with Crippen molar-refractivity contribution in [1.29, 1.82) is 0 Å². The van der Waals surface area contributed by atoms with Gasteiger partial charge in [-0.3, -0.25) is 14.4 Å². The molecule has 0 aliphatic carbocycles. The molecule has 3 amide bonds. The number of nitrogens with one attached hydrogen (secondary N) is 3. The molecule has 410 valence electrons. The van der Waals surface area contributed by atoms with Crippen LogP contribution in [-0.4, -0.2) is 297 Å². The first-order valence-corrected chi connectivity index (χ1v) is 22.2. The van der Waals surface area contributed by atoms with E-state index in [9.17, 15) is 101 Å². The number of rotatable bonds is 19. The summed E-state index contributed by atoms with van der Waals surface area (Å²) in [6.45, 7) is -2.43. The van der Waals surface area contributed by atoms with Crippen molar-refractivity contribution in [2.45, 2.75) is 186 Å². The molecule has 0 radical (unpaired) electrons. The molecule has 0 aromatic heterocycles. The molecule has 19 N–H and O–H groups in total. The molecule has 0 unspecified atom stereocenters. The number of hydrogen-bond donors (Lipinski definition) is 19. The number of carbonyl (C=O) groups is 4. The van der Waals surface area contributed by atoms with Gasteiger partial charge >= 0.3 is 5.97 Å². The molecule has 5 aliphatic rings. The number of hydrogen-bond acceptors (Lipinski definition) is 28. The molecule has 5 fully saturated rings. The van der Waals surface area contributed by atoms with Crippen LogP contribution in [0.15, 0.2) is 0 Å². The largest absolute Gasteiger partial charge is 0.477 e. The van der Waals surface area contributed by atoms with E-state index in [0.29, 0.717) is 0 Å². The van der Waals surface area contributed by atoms with Gasteiger partial charge in [-0.25, -0.2) is 4.79 Å². The van der Waals surface area contributed by atoms with Gasteiger partial charge in [0.15, 0.2) is 25.2 Å². The number of aliphatic carboxylic acids is 1. The Hall–Kier alpha value is -3.08. The summed E-state index contributed by atoms with van der Waals surface area (Å²) in [5.74, 6) is -8.01. The van der Waals surface area contributed by atoms with Crippen LogP contribution in [0.25, 0.3) is 0 Å². The van der Waals surface area contributed by atoms with E-state index < -0.39 is 222 Å². The quantitative estimate of drug-likeness (QED) is 0.0571. The monoisotopic (exact) mass is 1040 g/mol. The Bertz CT molecular complexity index is 1770.